The maximum absolute atomic E-state index is 13.3. The Balaban J connectivity index is 1.28. The van der Waals surface area contributed by atoms with Crippen LogP contribution in [0.4, 0.5) is 0 Å². The van der Waals surface area contributed by atoms with E-state index in [-0.39, 0.29) is 11.8 Å². The van der Waals surface area contributed by atoms with Crippen LogP contribution in [0.2, 0.25) is 0 Å². The average Bonchev–Trinajstić information content (AvgIpc) is 3.14. The molecule has 1 aromatic heterocycles. The highest BCUT2D eigenvalue weighted by Gasteiger charge is 2.28. The van der Waals surface area contributed by atoms with Gasteiger partial charge in [-0.3, -0.25) is 14.6 Å². The van der Waals surface area contributed by atoms with Gasteiger partial charge in [0.2, 0.25) is 0 Å². The minimum absolute atomic E-state index is 0.129. The van der Waals surface area contributed by atoms with Gasteiger partial charge in [0.05, 0.1) is 13.2 Å². The Morgan fingerprint density at radius 1 is 1.03 bits per heavy atom. The predicted octanol–water partition coefficient (Wildman–Crippen LogP) is 3.75. The van der Waals surface area contributed by atoms with Gasteiger partial charge in [-0.2, -0.15) is 0 Å². The number of ketones is 1. The summed E-state index contributed by atoms with van der Waals surface area (Å²) in [4.78, 5) is 21.3. The minimum Gasteiger partial charge on any atom is -0.497 e. The molecule has 0 amide bonds. The van der Waals surface area contributed by atoms with E-state index in [1.165, 1.54) is 0 Å². The van der Waals surface area contributed by atoms with Crippen molar-refractivity contribution in [1.29, 1.82) is 0 Å². The van der Waals surface area contributed by atoms with Crippen LogP contribution in [-0.2, 0) is 0 Å². The van der Waals surface area contributed by atoms with E-state index in [1.54, 1.807) is 7.11 Å². The van der Waals surface area contributed by atoms with Gasteiger partial charge in [-0.05, 0) is 44.2 Å². The van der Waals surface area contributed by atoms with E-state index in [0.717, 1.165) is 66.4 Å². The number of aryl methyl sites for hydroxylation is 1. The number of ether oxygens (including phenoxy) is 2. The Hall–Kier alpha value is -2.83. The first kappa shape index (κ1) is 21.4. The average molecular weight is 422 g/mol. The maximum Gasteiger partial charge on any atom is 0.182 e. The molecule has 0 saturated carbocycles. The molecule has 0 unspecified atom stereocenters. The molecule has 6 nitrogen and oxygen atoms in total. The molecule has 1 N–H and O–H groups in total. The Labute approximate surface area is 183 Å². The van der Waals surface area contributed by atoms with Crippen molar-refractivity contribution >= 4 is 16.7 Å². The number of fused-ring (bicyclic) bond motifs is 1. The van der Waals surface area contributed by atoms with Crippen molar-refractivity contribution in [3.05, 3.63) is 59.8 Å². The van der Waals surface area contributed by atoms with Crippen molar-refractivity contribution in [2.45, 2.75) is 19.9 Å². The molecule has 1 atom stereocenters. The monoisotopic (exact) mass is 421 g/mol. The molecular formula is C25H31N3O3. The summed E-state index contributed by atoms with van der Waals surface area (Å²) in [6.07, 6.45) is 0. The molecule has 0 radical (unpaired) electrons. The smallest absolute Gasteiger partial charge is 0.182 e. The van der Waals surface area contributed by atoms with Crippen molar-refractivity contribution in [2.75, 3.05) is 46.4 Å². The van der Waals surface area contributed by atoms with Crippen LogP contribution in [0.5, 0.6) is 11.5 Å². The van der Waals surface area contributed by atoms with Crippen LogP contribution in [0.1, 0.15) is 23.0 Å². The number of rotatable bonds is 8. The van der Waals surface area contributed by atoms with E-state index >= 15 is 0 Å². The maximum atomic E-state index is 13.3. The summed E-state index contributed by atoms with van der Waals surface area (Å²) in [6.45, 7) is 9.20. The topological polar surface area (TPSA) is 57.8 Å². The lowest BCUT2D eigenvalue weighted by molar-refractivity contribution is 0.0674. The van der Waals surface area contributed by atoms with E-state index in [4.69, 9.17) is 9.47 Å². The largest absolute Gasteiger partial charge is 0.497 e. The number of benzene rings is 2. The van der Waals surface area contributed by atoms with Crippen molar-refractivity contribution in [3.8, 4) is 11.5 Å². The van der Waals surface area contributed by atoms with Crippen LogP contribution in [0.15, 0.2) is 48.5 Å². The quantitative estimate of drug-likeness (QED) is 0.562. The summed E-state index contributed by atoms with van der Waals surface area (Å²) >= 11 is 0. The fourth-order valence-corrected chi connectivity index (χ4v) is 4.31. The number of Topliss-reactive ketones (excluding diaryl/α,β-unsaturated/α-hetero) is 1. The van der Waals surface area contributed by atoms with Gasteiger partial charge < -0.3 is 14.5 Å². The minimum atomic E-state index is -0.129. The summed E-state index contributed by atoms with van der Waals surface area (Å²) in [5, 5.41) is 1.02. The molecule has 6 heteroatoms. The SMILES string of the molecule is COc1ccc(OCCN2CCN([C@@H](C)C(=O)c3c(C)[nH]c4ccccc34)CC2)cc1. The van der Waals surface area contributed by atoms with E-state index in [0.29, 0.717) is 6.61 Å². The van der Waals surface area contributed by atoms with Gasteiger partial charge in [-0.1, -0.05) is 18.2 Å². The Kier molecular flexibility index (Phi) is 6.59. The zero-order valence-corrected chi connectivity index (χ0v) is 18.6. The lowest BCUT2D eigenvalue weighted by Crippen LogP contribution is -2.52. The molecular weight excluding hydrogens is 390 g/mol. The van der Waals surface area contributed by atoms with E-state index < -0.39 is 0 Å². The van der Waals surface area contributed by atoms with E-state index in [1.807, 2.05) is 62.4 Å². The molecule has 31 heavy (non-hydrogen) atoms. The standard InChI is InChI=1S/C25H31N3O3/c1-18-24(22-6-4-5-7-23(22)26-18)25(29)19(2)28-14-12-27(13-15-28)16-17-31-21-10-8-20(30-3)9-11-21/h4-11,19,26H,12-17H2,1-3H3/t19-/m0/s1. The van der Waals surface area contributed by atoms with Gasteiger partial charge >= 0.3 is 0 Å². The molecule has 1 saturated heterocycles. The van der Waals surface area contributed by atoms with Gasteiger partial charge in [0.1, 0.15) is 18.1 Å². The van der Waals surface area contributed by atoms with Crippen molar-refractivity contribution in [1.82, 2.24) is 14.8 Å². The summed E-state index contributed by atoms with van der Waals surface area (Å²) in [5.74, 6) is 1.88. The van der Waals surface area contributed by atoms with Crippen molar-refractivity contribution in [2.24, 2.45) is 0 Å². The van der Waals surface area contributed by atoms with E-state index in [2.05, 4.69) is 14.8 Å². The zero-order valence-electron chi connectivity index (χ0n) is 18.6. The van der Waals surface area contributed by atoms with Crippen LogP contribution in [0.25, 0.3) is 10.9 Å². The highest BCUT2D eigenvalue weighted by atomic mass is 16.5. The molecule has 2 heterocycles. The van der Waals surface area contributed by atoms with Crippen LogP contribution in [0.3, 0.4) is 0 Å². The molecule has 1 aliphatic heterocycles. The molecule has 164 valence electrons. The van der Waals surface area contributed by atoms with Gasteiger partial charge in [0.25, 0.3) is 0 Å². The lowest BCUT2D eigenvalue weighted by Gasteiger charge is -2.37. The van der Waals surface area contributed by atoms with Gasteiger partial charge in [-0.25, -0.2) is 0 Å². The van der Waals surface area contributed by atoms with Crippen molar-refractivity contribution < 1.29 is 14.3 Å². The molecule has 1 aliphatic rings. The Morgan fingerprint density at radius 3 is 2.42 bits per heavy atom. The summed E-state index contributed by atoms with van der Waals surface area (Å²) in [5.41, 5.74) is 2.81. The second-order valence-electron chi connectivity index (χ2n) is 8.11. The highest BCUT2D eigenvalue weighted by molar-refractivity contribution is 6.11. The zero-order chi connectivity index (χ0) is 21.8. The number of nitrogens with zero attached hydrogens (tertiary/aromatic N) is 2. The number of aromatic amines is 1. The first-order valence-electron chi connectivity index (χ1n) is 10.9. The number of H-pyrrole nitrogens is 1. The Bertz CT molecular complexity index is 1020. The van der Waals surface area contributed by atoms with Gasteiger partial charge in [0.15, 0.2) is 5.78 Å². The third kappa shape index (κ3) is 4.75. The summed E-state index contributed by atoms with van der Waals surface area (Å²) < 4.78 is 11.0. The van der Waals surface area contributed by atoms with Gasteiger partial charge in [-0.15, -0.1) is 0 Å². The van der Waals surface area contributed by atoms with Crippen LogP contribution < -0.4 is 9.47 Å². The molecule has 0 spiro atoms. The molecule has 3 aromatic rings. The van der Waals surface area contributed by atoms with Crippen LogP contribution in [-0.4, -0.2) is 73.0 Å². The first-order chi connectivity index (χ1) is 15.1. The third-order valence-corrected chi connectivity index (χ3v) is 6.21. The second kappa shape index (κ2) is 9.54. The summed E-state index contributed by atoms with van der Waals surface area (Å²) in [7, 11) is 1.66. The van der Waals surface area contributed by atoms with Crippen molar-refractivity contribution in [3.63, 3.8) is 0 Å². The number of hydrogen-bond donors (Lipinski definition) is 1. The number of carbonyl (C=O) groups excluding carboxylic acids is 1. The first-order valence-corrected chi connectivity index (χ1v) is 10.9. The fraction of sp³-hybridized carbons (Fsp3) is 0.400. The number of hydrogen-bond acceptors (Lipinski definition) is 5. The lowest BCUT2D eigenvalue weighted by atomic mass is 10.0. The predicted molar refractivity (Wildman–Crippen MR) is 123 cm³/mol. The number of nitrogens with one attached hydrogen (secondary N) is 1. The molecule has 4 rings (SSSR count). The van der Waals surface area contributed by atoms with Crippen LogP contribution in [0, 0.1) is 6.92 Å². The number of carbonyl (C=O) groups is 1. The number of piperazine rings is 1. The summed E-state index contributed by atoms with van der Waals surface area (Å²) in [6, 6.07) is 15.6. The second-order valence-corrected chi connectivity index (χ2v) is 8.11. The molecule has 1 fully saturated rings. The highest BCUT2D eigenvalue weighted by Crippen LogP contribution is 2.24. The third-order valence-electron chi connectivity index (χ3n) is 6.21. The number of aromatic nitrogens is 1. The fourth-order valence-electron chi connectivity index (χ4n) is 4.31. The number of para-hydroxylation sites is 1. The molecule has 0 bridgehead atoms. The molecule has 2 aromatic carbocycles. The molecule has 0 aliphatic carbocycles. The van der Waals surface area contributed by atoms with Gasteiger partial charge in [0, 0.05) is 54.9 Å². The number of methoxy groups -OCH3 is 1. The van der Waals surface area contributed by atoms with E-state index in [9.17, 15) is 4.79 Å². The Morgan fingerprint density at radius 2 is 1.71 bits per heavy atom. The normalized spacial score (nSPS) is 16.4. The van der Waals surface area contributed by atoms with Crippen LogP contribution >= 0.6 is 0 Å².